The number of anilines is 1. The lowest BCUT2D eigenvalue weighted by Gasteiger charge is -2.17. The van der Waals surface area contributed by atoms with E-state index in [0.717, 1.165) is 38.0 Å². The summed E-state index contributed by atoms with van der Waals surface area (Å²) in [6.45, 7) is 2.79. The van der Waals surface area contributed by atoms with E-state index in [4.69, 9.17) is 15.0 Å². The standard InChI is InChI=1S/C15H19N3O2/c1-15(9-2-10-19-15)14-17-13(20-18-14)8-5-11-3-6-12(16)7-4-11/h3-4,6-7H,2,5,8-10,16H2,1H3. The molecule has 1 fully saturated rings. The summed E-state index contributed by atoms with van der Waals surface area (Å²) in [5.41, 5.74) is 7.28. The van der Waals surface area contributed by atoms with Crippen LogP contribution >= 0.6 is 0 Å². The maximum absolute atomic E-state index is 5.72. The normalized spacial score (nSPS) is 22.2. The Bertz CT molecular complexity index is 571. The first-order chi connectivity index (χ1) is 9.66. The lowest BCUT2D eigenvalue weighted by atomic mass is 10.0. The molecule has 5 heteroatoms. The van der Waals surface area contributed by atoms with Gasteiger partial charge in [0.2, 0.25) is 11.7 Å². The molecule has 106 valence electrons. The van der Waals surface area contributed by atoms with Crippen LogP contribution in [0.1, 0.15) is 37.0 Å². The molecule has 0 spiro atoms. The third-order valence-electron chi connectivity index (χ3n) is 3.77. The predicted molar refractivity (Wildman–Crippen MR) is 75.1 cm³/mol. The van der Waals surface area contributed by atoms with Crippen molar-refractivity contribution in [2.75, 3.05) is 12.3 Å². The van der Waals surface area contributed by atoms with Gasteiger partial charge in [-0.05, 0) is 43.9 Å². The second kappa shape index (κ2) is 5.25. The first kappa shape index (κ1) is 13.1. The fourth-order valence-electron chi connectivity index (χ4n) is 2.46. The van der Waals surface area contributed by atoms with Crippen LogP contribution < -0.4 is 5.73 Å². The number of aryl methyl sites for hydroxylation is 2. The minimum atomic E-state index is -0.372. The Hall–Kier alpha value is -1.88. The number of hydrogen-bond acceptors (Lipinski definition) is 5. The largest absolute Gasteiger partial charge is 0.399 e. The highest BCUT2D eigenvalue weighted by atomic mass is 16.5. The van der Waals surface area contributed by atoms with Crippen LogP contribution in [0.2, 0.25) is 0 Å². The van der Waals surface area contributed by atoms with E-state index in [1.807, 2.05) is 31.2 Å². The average Bonchev–Trinajstić information content (AvgIpc) is 3.08. The number of benzene rings is 1. The zero-order chi connectivity index (χ0) is 14.0. The maximum atomic E-state index is 5.72. The summed E-state index contributed by atoms with van der Waals surface area (Å²) in [5, 5.41) is 4.07. The van der Waals surface area contributed by atoms with E-state index in [9.17, 15) is 0 Å². The van der Waals surface area contributed by atoms with E-state index in [0.29, 0.717) is 11.7 Å². The maximum Gasteiger partial charge on any atom is 0.227 e. The fourth-order valence-corrected chi connectivity index (χ4v) is 2.46. The van der Waals surface area contributed by atoms with E-state index < -0.39 is 0 Å². The first-order valence-corrected chi connectivity index (χ1v) is 6.97. The number of rotatable bonds is 4. The van der Waals surface area contributed by atoms with Gasteiger partial charge in [-0.2, -0.15) is 4.98 Å². The Kier molecular flexibility index (Phi) is 3.44. The quantitative estimate of drug-likeness (QED) is 0.866. The molecule has 0 radical (unpaired) electrons. The van der Waals surface area contributed by atoms with Gasteiger partial charge >= 0.3 is 0 Å². The SMILES string of the molecule is CC1(c2noc(CCc3ccc(N)cc3)n2)CCCO1. The highest BCUT2D eigenvalue weighted by Gasteiger charge is 2.36. The molecule has 1 aromatic carbocycles. The molecule has 1 saturated heterocycles. The summed E-state index contributed by atoms with van der Waals surface area (Å²) in [6.07, 6.45) is 3.59. The molecule has 3 rings (SSSR count). The molecule has 0 amide bonds. The lowest BCUT2D eigenvalue weighted by Crippen LogP contribution is -2.21. The molecule has 0 bridgehead atoms. The van der Waals surface area contributed by atoms with Crippen molar-refractivity contribution in [2.45, 2.75) is 38.2 Å². The van der Waals surface area contributed by atoms with Gasteiger partial charge in [0, 0.05) is 18.7 Å². The Morgan fingerprint density at radius 2 is 2.05 bits per heavy atom. The van der Waals surface area contributed by atoms with Crippen molar-refractivity contribution in [3.05, 3.63) is 41.5 Å². The van der Waals surface area contributed by atoms with Gasteiger partial charge in [-0.1, -0.05) is 17.3 Å². The molecule has 1 aliphatic heterocycles. The highest BCUT2D eigenvalue weighted by Crippen LogP contribution is 2.33. The minimum absolute atomic E-state index is 0.372. The summed E-state index contributed by atoms with van der Waals surface area (Å²) in [4.78, 5) is 4.47. The molecule has 1 unspecified atom stereocenters. The summed E-state index contributed by atoms with van der Waals surface area (Å²) >= 11 is 0. The van der Waals surface area contributed by atoms with Gasteiger partial charge in [-0.25, -0.2) is 0 Å². The van der Waals surface area contributed by atoms with Gasteiger partial charge in [-0.15, -0.1) is 0 Å². The molecule has 0 saturated carbocycles. The molecule has 2 heterocycles. The monoisotopic (exact) mass is 273 g/mol. The molecule has 5 nitrogen and oxygen atoms in total. The molecular weight excluding hydrogens is 254 g/mol. The molecular formula is C15H19N3O2. The van der Waals surface area contributed by atoms with Crippen LogP contribution in [-0.4, -0.2) is 16.7 Å². The van der Waals surface area contributed by atoms with Crippen LogP contribution in [0.4, 0.5) is 5.69 Å². The van der Waals surface area contributed by atoms with E-state index in [1.165, 1.54) is 5.56 Å². The number of nitrogens with zero attached hydrogens (tertiary/aromatic N) is 2. The van der Waals surface area contributed by atoms with Crippen LogP contribution in [0.3, 0.4) is 0 Å². The average molecular weight is 273 g/mol. The number of nitrogens with two attached hydrogens (primary N) is 1. The van der Waals surface area contributed by atoms with Crippen LogP contribution in [0.25, 0.3) is 0 Å². The van der Waals surface area contributed by atoms with Crippen LogP contribution in [0.15, 0.2) is 28.8 Å². The fraction of sp³-hybridized carbons (Fsp3) is 0.467. The van der Waals surface area contributed by atoms with Crippen LogP contribution in [-0.2, 0) is 23.2 Å². The Morgan fingerprint density at radius 3 is 2.75 bits per heavy atom. The molecule has 1 aliphatic rings. The lowest BCUT2D eigenvalue weighted by molar-refractivity contribution is 0.00768. The second-order valence-corrected chi connectivity index (χ2v) is 5.44. The van der Waals surface area contributed by atoms with E-state index in [1.54, 1.807) is 0 Å². The van der Waals surface area contributed by atoms with Crippen molar-refractivity contribution in [3.63, 3.8) is 0 Å². The smallest absolute Gasteiger partial charge is 0.227 e. The second-order valence-electron chi connectivity index (χ2n) is 5.44. The zero-order valence-electron chi connectivity index (χ0n) is 11.6. The third-order valence-corrected chi connectivity index (χ3v) is 3.77. The summed E-state index contributed by atoms with van der Waals surface area (Å²) in [5.74, 6) is 1.33. The third kappa shape index (κ3) is 2.67. The van der Waals surface area contributed by atoms with E-state index in [-0.39, 0.29) is 5.60 Å². The number of ether oxygens (including phenoxy) is 1. The Morgan fingerprint density at radius 1 is 1.25 bits per heavy atom. The van der Waals surface area contributed by atoms with Crippen molar-refractivity contribution in [1.82, 2.24) is 10.1 Å². The number of hydrogen-bond donors (Lipinski definition) is 1. The molecule has 2 aromatic rings. The van der Waals surface area contributed by atoms with Crippen molar-refractivity contribution < 1.29 is 9.26 Å². The molecule has 20 heavy (non-hydrogen) atoms. The molecule has 1 aromatic heterocycles. The topological polar surface area (TPSA) is 74.2 Å². The molecule has 2 N–H and O–H groups in total. The van der Waals surface area contributed by atoms with Crippen molar-refractivity contribution in [3.8, 4) is 0 Å². The van der Waals surface area contributed by atoms with E-state index >= 15 is 0 Å². The van der Waals surface area contributed by atoms with Gasteiger partial charge < -0.3 is 15.0 Å². The Balaban J connectivity index is 1.64. The minimum Gasteiger partial charge on any atom is -0.399 e. The van der Waals surface area contributed by atoms with E-state index in [2.05, 4.69) is 10.1 Å². The van der Waals surface area contributed by atoms with Crippen molar-refractivity contribution >= 4 is 5.69 Å². The first-order valence-electron chi connectivity index (χ1n) is 6.97. The molecule has 0 aliphatic carbocycles. The molecule has 1 atom stereocenters. The van der Waals surface area contributed by atoms with Gasteiger partial charge in [-0.3, -0.25) is 0 Å². The summed E-state index contributed by atoms with van der Waals surface area (Å²) < 4.78 is 11.0. The zero-order valence-corrected chi connectivity index (χ0v) is 11.6. The van der Waals surface area contributed by atoms with Crippen molar-refractivity contribution in [2.24, 2.45) is 0 Å². The number of nitrogen functional groups attached to an aromatic ring is 1. The predicted octanol–water partition coefficient (Wildman–Crippen LogP) is 2.46. The highest BCUT2D eigenvalue weighted by molar-refractivity contribution is 5.39. The van der Waals surface area contributed by atoms with Crippen LogP contribution in [0, 0.1) is 0 Å². The summed E-state index contributed by atoms with van der Waals surface area (Å²) in [7, 11) is 0. The van der Waals surface area contributed by atoms with Crippen molar-refractivity contribution in [1.29, 1.82) is 0 Å². The number of aromatic nitrogens is 2. The van der Waals surface area contributed by atoms with Gasteiger partial charge in [0.15, 0.2) is 0 Å². The Labute approximate surface area is 118 Å². The van der Waals surface area contributed by atoms with Gasteiger partial charge in [0.25, 0.3) is 0 Å². The van der Waals surface area contributed by atoms with Gasteiger partial charge in [0.1, 0.15) is 5.60 Å². The van der Waals surface area contributed by atoms with Gasteiger partial charge in [0.05, 0.1) is 0 Å². The summed E-state index contributed by atoms with van der Waals surface area (Å²) in [6, 6.07) is 7.85. The van der Waals surface area contributed by atoms with Crippen LogP contribution in [0.5, 0.6) is 0 Å².